The standard InChI is InChI=1S/C11H15FO3/c1-13-10-5-4-9(8-11(10)14-2)15-7-3-6-12/h4-5,8H,3,6-7H2,1-2H3. The maximum atomic E-state index is 11.8. The number of halogens is 1. The van der Waals surface area contributed by atoms with E-state index in [9.17, 15) is 4.39 Å². The molecule has 0 saturated heterocycles. The van der Waals surface area contributed by atoms with Gasteiger partial charge in [0.15, 0.2) is 11.5 Å². The van der Waals surface area contributed by atoms with Crippen LogP contribution in [0.1, 0.15) is 6.42 Å². The summed E-state index contributed by atoms with van der Waals surface area (Å²) in [5, 5.41) is 0. The van der Waals surface area contributed by atoms with Gasteiger partial charge in [-0.1, -0.05) is 0 Å². The second-order valence-corrected chi connectivity index (χ2v) is 2.91. The molecule has 0 amide bonds. The highest BCUT2D eigenvalue weighted by Gasteiger charge is 2.04. The van der Waals surface area contributed by atoms with Crippen molar-refractivity contribution in [3.8, 4) is 17.2 Å². The summed E-state index contributed by atoms with van der Waals surface area (Å²) in [4.78, 5) is 0. The Labute approximate surface area is 88.8 Å². The molecule has 0 unspecified atom stereocenters. The normalized spacial score (nSPS) is 9.80. The summed E-state index contributed by atoms with van der Waals surface area (Å²) in [5.74, 6) is 1.91. The molecule has 0 aromatic heterocycles. The molecule has 3 nitrogen and oxygen atoms in total. The predicted octanol–water partition coefficient (Wildman–Crippen LogP) is 2.44. The molecule has 0 radical (unpaired) electrons. The first kappa shape index (κ1) is 11.6. The fourth-order valence-corrected chi connectivity index (χ4v) is 1.15. The topological polar surface area (TPSA) is 27.7 Å². The number of methoxy groups -OCH3 is 2. The number of benzene rings is 1. The van der Waals surface area contributed by atoms with Gasteiger partial charge in [-0.2, -0.15) is 0 Å². The highest BCUT2D eigenvalue weighted by atomic mass is 19.1. The predicted molar refractivity (Wildman–Crippen MR) is 55.6 cm³/mol. The van der Waals surface area contributed by atoms with Crippen LogP contribution in [0.5, 0.6) is 17.2 Å². The molecule has 4 heteroatoms. The lowest BCUT2D eigenvalue weighted by Crippen LogP contribution is -1.99. The fourth-order valence-electron chi connectivity index (χ4n) is 1.15. The summed E-state index contributed by atoms with van der Waals surface area (Å²) in [6, 6.07) is 5.24. The lowest BCUT2D eigenvalue weighted by atomic mass is 10.3. The number of hydrogen-bond acceptors (Lipinski definition) is 3. The first-order valence-corrected chi connectivity index (χ1v) is 4.72. The van der Waals surface area contributed by atoms with Crippen molar-refractivity contribution < 1.29 is 18.6 Å². The minimum atomic E-state index is -0.368. The molecule has 84 valence electrons. The SMILES string of the molecule is COc1ccc(OCCCF)cc1OC. The van der Waals surface area contributed by atoms with Crippen molar-refractivity contribution in [3.63, 3.8) is 0 Å². The quantitative estimate of drug-likeness (QED) is 0.681. The van der Waals surface area contributed by atoms with Crippen molar-refractivity contribution in [2.45, 2.75) is 6.42 Å². The molecule has 0 heterocycles. The van der Waals surface area contributed by atoms with Crippen molar-refractivity contribution in [2.24, 2.45) is 0 Å². The van der Waals surface area contributed by atoms with Crippen molar-refractivity contribution in [3.05, 3.63) is 18.2 Å². The molecular weight excluding hydrogens is 199 g/mol. The first-order chi connectivity index (χ1) is 7.31. The fraction of sp³-hybridized carbons (Fsp3) is 0.455. The second kappa shape index (κ2) is 6.11. The average Bonchev–Trinajstić information content (AvgIpc) is 2.29. The second-order valence-electron chi connectivity index (χ2n) is 2.91. The van der Waals surface area contributed by atoms with Crippen molar-refractivity contribution >= 4 is 0 Å². The maximum absolute atomic E-state index is 11.8. The van der Waals surface area contributed by atoms with Crippen molar-refractivity contribution in [1.29, 1.82) is 0 Å². The van der Waals surface area contributed by atoms with E-state index in [0.29, 0.717) is 30.3 Å². The third kappa shape index (κ3) is 3.31. The summed E-state index contributed by atoms with van der Waals surface area (Å²) in [6.45, 7) is -0.000722. The lowest BCUT2D eigenvalue weighted by Gasteiger charge is -2.10. The van der Waals surface area contributed by atoms with E-state index in [2.05, 4.69) is 0 Å². The van der Waals surface area contributed by atoms with E-state index in [1.54, 1.807) is 32.4 Å². The van der Waals surface area contributed by atoms with E-state index in [4.69, 9.17) is 14.2 Å². The van der Waals surface area contributed by atoms with Crippen LogP contribution >= 0.6 is 0 Å². The van der Waals surface area contributed by atoms with Gasteiger partial charge in [-0.3, -0.25) is 4.39 Å². The molecule has 1 aromatic carbocycles. The molecule has 0 aliphatic rings. The van der Waals surface area contributed by atoms with Gasteiger partial charge in [0.2, 0.25) is 0 Å². The highest BCUT2D eigenvalue weighted by Crippen LogP contribution is 2.30. The van der Waals surface area contributed by atoms with Crippen LogP contribution in [0.2, 0.25) is 0 Å². The van der Waals surface area contributed by atoms with E-state index in [-0.39, 0.29) is 6.67 Å². The van der Waals surface area contributed by atoms with Gasteiger partial charge in [-0.25, -0.2) is 0 Å². The molecule has 0 aliphatic carbocycles. The summed E-state index contributed by atoms with van der Waals surface area (Å²) < 4.78 is 27.3. The van der Waals surface area contributed by atoms with Gasteiger partial charge >= 0.3 is 0 Å². The monoisotopic (exact) mass is 214 g/mol. The van der Waals surface area contributed by atoms with Gasteiger partial charge in [0, 0.05) is 12.5 Å². The summed E-state index contributed by atoms with van der Waals surface area (Å²) in [5.41, 5.74) is 0. The first-order valence-electron chi connectivity index (χ1n) is 4.72. The van der Waals surface area contributed by atoms with Crippen LogP contribution < -0.4 is 14.2 Å². The number of hydrogen-bond donors (Lipinski definition) is 0. The number of alkyl halides is 1. The molecule has 0 atom stereocenters. The minimum absolute atomic E-state index is 0.367. The smallest absolute Gasteiger partial charge is 0.164 e. The maximum Gasteiger partial charge on any atom is 0.164 e. The highest BCUT2D eigenvalue weighted by molar-refractivity contribution is 5.45. The van der Waals surface area contributed by atoms with Crippen LogP contribution in [-0.4, -0.2) is 27.5 Å². The van der Waals surface area contributed by atoms with E-state index in [1.165, 1.54) is 0 Å². The molecule has 0 saturated carbocycles. The minimum Gasteiger partial charge on any atom is -0.493 e. The van der Waals surface area contributed by atoms with Crippen LogP contribution in [-0.2, 0) is 0 Å². The zero-order chi connectivity index (χ0) is 11.1. The molecule has 15 heavy (non-hydrogen) atoms. The van der Waals surface area contributed by atoms with Crippen molar-refractivity contribution in [2.75, 3.05) is 27.5 Å². The van der Waals surface area contributed by atoms with Crippen LogP contribution in [0.4, 0.5) is 4.39 Å². The lowest BCUT2D eigenvalue weighted by molar-refractivity contribution is 0.286. The van der Waals surface area contributed by atoms with E-state index in [1.807, 2.05) is 0 Å². The van der Waals surface area contributed by atoms with Gasteiger partial charge in [0.25, 0.3) is 0 Å². The van der Waals surface area contributed by atoms with E-state index < -0.39 is 0 Å². The van der Waals surface area contributed by atoms with Gasteiger partial charge < -0.3 is 14.2 Å². The number of ether oxygens (including phenoxy) is 3. The average molecular weight is 214 g/mol. The van der Waals surface area contributed by atoms with Crippen LogP contribution in [0.3, 0.4) is 0 Å². The van der Waals surface area contributed by atoms with Gasteiger partial charge in [0.1, 0.15) is 5.75 Å². The Morgan fingerprint density at radius 3 is 2.47 bits per heavy atom. The molecule has 0 spiro atoms. The molecular formula is C11H15FO3. The molecule has 1 rings (SSSR count). The Bertz CT molecular complexity index is 302. The Morgan fingerprint density at radius 1 is 1.13 bits per heavy atom. The van der Waals surface area contributed by atoms with Crippen LogP contribution in [0.15, 0.2) is 18.2 Å². The molecule has 1 aromatic rings. The Balaban J connectivity index is 2.66. The summed E-state index contributed by atoms with van der Waals surface area (Å²) >= 11 is 0. The molecule has 0 N–H and O–H groups in total. The third-order valence-corrected chi connectivity index (χ3v) is 1.90. The number of rotatable bonds is 6. The summed E-state index contributed by atoms with van der Waals surface area (Å²) in [6.07, 6.45) is 0.397. The zero-order valence-electron chi connectivity index (χ0n) is 8.96. The molecule has 0 aliphatic heterocycles. The van der Waals surface area contributed by atoms with Gasteiger partial charge in [-0.15, -0.1) is 0 Å². The van der Waals surface area contributed by atoms with E-state index >= 15 is 0 Å². The van der Waals surface area contributed by atoms with Gasteiger partial charge in [0.05, 0.1) is 27.5 Å². The zero-order valence-corrected chi connectivity index (χ0v) is 8.96. The van der Waals surface area contributed by atoms with Crippen LogP contribution in [0, 0.1) is 0 Å². The molecule has 0 fully saturated rings. The Hall–Kier alpha value is -1.45. The Kier molecular flexibility index (Phi) is 4.74. The molecule has 0 bridgehead atoms. The largest absolute Gasteiger partial charge is 0.493 e. The van der Waals surface area contributed by atoms with E-state index in [0.717, 1.165) is 0 Å². The van der Waals surface area contributed by atoms with Crippen LogP contribution in [0.25, 0.3) is 0 Å². The van der Waals surface area contributed by atoms with Crippen molar-refractivity contribution in [1.82, 2.24) is 0 Å². The third-order valence-electron chi connectivity index (χ3n) is 1.90. The Morgan fingerprint density at radius 2 is 1.87 bits per heavy atom. The summed E-state index contributed by atoms with van der Waals surface area (Å²) in [7, 11) is 3.13. The van der Waals surface area contributed by atoms with Gasteiger partial charge in [-0.05, 0) is 12.1 Å².